The van der Waals surface area contributed by atoms with E-state index in [1.807, 2.05) is 13.8 Å². The second kappa shape index (κ2) is 4.40. The largest absolute Gasteiger partial charge is 0.478 e. The van der Waals surface area contributed by atoms with E-state index in [9.17, 15) is 9.90 Å². The van der Waals surface area contributed by atoms with E-state index in [1.165, 1.54) is 0 Å². The number of carboxylic acid groups (broad SMARTS) is 1. The van der Waals surface area contributed by atoms with Gasteiger partial charge in [0.15, 0.2) is 0 Å². The third kappa shape index (κ3) is 2.15. The molecule has 1 aromatic heterocycles. The first-order chi connectivity index (χ1) is 8.32. The predicted molar refractivity (Wildman–Crippen MR) is 65.4 cm³/mol. The molecule has 1 aliphatic rings. The lowest BCUT2D eigenvalue weighted by Gasteiger charge is -2.49. The Hall–Kier alpha value is -1.33. The van der Waals surface area contributed by atoms with Crippen molar-refractivity contribution < 1.29 is 19.4 Å². The van der Waals surface area contributed by atoms with Crippen LogP contribution in [0.4, 0.5) is 0 Å². The van der Waals surface area contributed by atoms with Crippen LogP contribution < -0.4 is 5.32 Å². The number of aliphatic hydroxyl groups is 1. The summed E-state index contributed by atoms with van der Waals surface area (Å²) in [6.07, 6.45) is 0.446. The molecule has 0 saturated heterocycles. The number of aromatic carboxylic acids is 1. The average molecular weight is 253 g/mol. The van der Waals surface area contributed by atoms with E-state index in [-0.39, 0.29) is 23.1 Å². The Morgan fingerprint density at radius 1 is 1.61 bits per heavy atom. The molecule has 0 aliphatic heterocycles. The highest BCUT2D eigenvalue weighted by molar-refractivity contribution is 5.88. The van der Waals surface area contributed by atoms with Crippen LogP contribution in [-0.4, -0.2) is 28.3 Å². The monoisotopic (exact) mass is 253 g/mol. The molecule has 2 unspecified atom stereocenters. The van der Waals surface area contributed by atoms with Crippen LogP contribution in [-0.2, 0) is 6.54 Å². The number of aryl methyl sites for hydroxylation is 1. The van der Waals surface area contributed by atoms with Gasteiger partial charge in [-0.05, 0) is 19.4 Å². The zero-order chi connectivity index (χ0) is 13.5. The van der Waals surface area contributed by atoms with Gasteiger partial charge in [-0.2, -0.15) is 0 Å². The molecule has 1 heterocycles. The molecule has 5 heteroatoms. The minimum absolute atomic E-state index is 0.142. The fraction of sp³-hybridized carbons (Fsp3) is 0.615. The van der Waals surface area contributed by atoms with E-state index in [1.54, 1.807) is 13.0 Å². The van der Waals surface area contributed by atoms with Crippen LogP contribution >= 0.6 is 0 Å². The summed E-state index contributed by atoms with van der Waals surface area (Å²) >= 11 is 0. The van der Waals surface area contributed by atoms with Crippen molar-refractivity contribution in [2.24, 2.45) is 5.41 Å². The maximum absolute atomic E-state index is 10.9. The summed E-state index contributed by atoms with van der Waals surface area (Å²) in [5.41, 5.74) is 0.0665. The van der Waals surface area contributed by atoms with Gasteiger partial charge in [0.1, 0.15) is 17.1 Å². The van der Waals surface area contributed by atoms with Crippen LogP contribution in [0.25, 0.3) is 0 Å². The average Bonchev–Trinajstić information content (AvgIpc) is 2.65. The fourth-order valence-corrected chi connectivity index (χ4v) is 2.32. The van der Waals surface area contributed by atoms with Gasteiger partial charge in [0, 0.05) is 11.5 Å². The third-order valence-electron chi connectivity index (χ3n) is 3.94. The van der Waals surface area contributed by atoms with Gasteiger partial charge in [-0.1, -0.05) is 13.8 Å². The highest BCUT2D eigenvalue weighted by Gasteiger charge is 2.46. The molecule has 3 N–H and O–H groups in total. The van der Waals surface area contributed by atoms with Crippen molar-refractivity contribution in [1.82, 2.24) is 5.32 Å². The summed E-state index contributed by atoms with van der Waals surface area (Å²) in [5.74, 6) is 0.0659. The molecular weight excluding hydrogens is 234 g/mol. The molecule has 18 heavy (non-hydrogen) atoms. The highest BCUT2D eigenvalue weighted by Crippen LogP contribution is 2.40. The Morgan fingerprint density at radius 2 is 2.28 bits per heavy atom. The third-order valence-corrected chi connectivity index (χ3v) is 3.94. The molecule has 0 amide bonds. The molecule has 1 saturated carbocycles. The number of furan rings is 1. The molecule has 1 fully saturated rings. The molecular formula is C13H19NO4. The van der Waals surface area contributed by atoms with E-state index in [0.29, 0.717) is 18.1 Å². The molecule has 0 spiro atoms. The van der Waals surface area contributed by atoms with E-state index in [2.05, 4.69) is 5.32 Å². The SMILES string of the molecule is Cc1oc(CNC2CC(O)C2(C)C)cc1C(=O)O. The van der Waals surface area contributed by atoms with Gasteiger partial charge in [-0.3, -0.25) is 0 Å². The zero-order valence-electron chi connectivity index (χ0n) is 10.9. The maximum atomic E-state index is 10.9. The van der Waals surface area contributed by atoms with E-state index in [4.69, 9.17) is 9.52 Å². The first kappa shape index (κ1) is 13.1. The predicted octanol–water partition coefficient (Wildman–Crippen LogP) is 1.54. The van der Waals surface area contributed by atoms with Crippen LogP contribution in [0.2, 0.25) is 0 Å². The molecule has 0 radical (unpaired) electrons. The summed E-state index contributed by atoms with van der Waals surface area (Å²) in [6.45, 7) is 6.14. The number of nitrogens with one attached hydrogen (secondary N) is 1. The van der Waals surface area contributed by atoms with Gasteiger partial charge in [-0.15, -0.1) is 0 Å². The Bertz CT molecular complexity index is 464. The topological polar surface area (TPSA) is 82.7 Å². The Kier molecular flexibility index (Phi) is 3.21. The Morgan fingerprint density at radius 3 is 2.72 bits per heavy atom. The van der Waals surface area contributed by atoms with Gasteiger partial charge >= 0.3 is 5.97 Å². The molecule has 1 aromatic rings. The van der Waals surface area contributed by atoms with Crippen molar-refractivity contribution >= 4 is 5.97 Å². The van der Waals surface area contributed by atoms with E-state index < -0.39 is 5.97 Å². The molecule has 2 atom stereocenters. The number of rotatable bonds is 4. The van der Waals surface area contributed by atoms with Crippen LogP contribution in [0.5, 0.6) is 0 Å². The Balaban J connectivity index is 1.96. The lowest BCUT2D eigenvalue weighted by atomic mass is 9.64. The molecule has 2 rings (SSSR count). The van der Waals surface area contributed by atoms with Crippen LogP contribution in [0.15, 0.2) is 10.5 Å². The van der Waals surface area contributed by atoms with Crippen LogP contribution in [0.1, 0.15) is 42.1 Å². The first-order valence-corrected chi connectivity index (χ1v) is 6.06. The van der Waals surface area contributed by atoms with Gasteiger partial charge in [0.25, 0.3) is 0 Å². The van der Waals surface area contributed by atoms with Crippen molar-refractivity contribution in [3.8, 4) is 0 Å². The van der Waals surface area contributed by atoms with E-state index in [0.717, 1.165) is 6.42 Å². The minimum Gasteiger partial charge on any atom is -0.478 e. The summed E-state index contributed by atoms with van der Waals surface area (Å²) in [6, 6.07) is 1.78. The molecule has 5 nitrogen and oxygen atoms in total. The minimum atomic E-state index is -0.970. The second-order valence-electron chi connectivity index (χ2n) is 5.49. The number of hydrogen-bond acceptors (Lipinski definition) is 4. The molecule has 100 valence electrons. The molecule has 0 bridgehead atoms. The van der Waals surface area contributed by atoms with Crippen LogP contribution in [0.3, 0.4) is 0 Å². The summed E-state index contributed by atoms with van der Waals surface area (Å²) < 4.78 is 5.38. The van der Waals surface area contributed by atoms with Crippen molar-refractivity contribution in [2.45, 2.75) is 45.9 Å². The highest BCUT2D eigenvalue weighted by atomic mass is 16.4. The zero-order valence-corrected chi connectivity index (χ0v) is 10.9. The Labute approximate surface area is 106 Å². The first-order valence-electron chi connectivity index (χ1n) is 6.06. The second-order valence-corrected chi connectivity index (χ2v) is 5.49. The number of carboxylic acids is 1. The van der Waals surface area contributed by atoms with Crippen molar-refractivity contribution in [3.05, 3.63) is 23.2 Å². The van der Waals surface area contributed by atoms with Crippen molar-refractivity contribution in [3.63, 3.8) is 0 Å². The quantitative estimate of drug-likeness (QED) is 0.758. The number of aliphatic hydroxyl groups excluding tert-OH is 1. The number of hydrogen-bond donors (Lipinski definition) is 3. The summed E-state index contributed by atoms with van der Waals surface area (Å²) in [7, 11) is 0. The van der Waals surface area contributed by atoms with Gasteiger partial charge < -0.3 is 19.9 Å². The standard InChI is InChI=1S/C13H19NO4/c1-7-9(12(16)17)4-8(18-7)6-14-10-5-11(15)13(10,2)3/h4,10-11,14-15H,5-6H2,1-3H3,(H,16,17). The van der Waals surface area contributed by atoms with Gasteiger partial charge in [0.05, 0.1) is 12.6 Å². The van der Waals surface area contributed by atoms with Gasteiger partial charge in [-0.25, -0.2) is 4.79 Å². The fourth-order valence-electron chi connectivity index (χ4n) is 2.32. The van der Waals surface area contributed by atoms with Crippen molar-refractivity contribution in [2.75, 3.05) is 0 Å². The smallest absolute Gasteiger partial charge is 0.339 e. The lowest BCUT2D eigenvalue weighted by molar-refractivity contribution is -0.0734. The summed E-state index contributed by atoms with van der Waals surface area (Å²) in [4.78, 5) is 10.9. The normalized spacial score (nSPS) is 25.8. The van der Waals surface area contributed by atoms with E-state index >= 15 is 0 Å². The summed E-state index contributed by atoms with van der Waals surface area (Å²) in [5, 5.41) is 21.8. The number of carbonyl (C=O) groups is 1. The molecule has 0 aromatic carbocycles. The van der Waals surface area contributed by atoms with Gasteiger partial charge in [0.2, 0.25) is 0 Å². The molecule has 1 aliphatic carbocycles. The maximum Gasteiger partial charge on any atom is 0.339 e. The van der Waals surface area contributed by atoms with Crippen LogP contribution in [0, 0.1) is 12.3 Å². The lowest BCUT2D eigenvalue weighted by Crippen LogP contribution is -2.59. The van der Waals surface area contributed by atoms with Crippen molar-refractivity contribution in [1.29, 1.82) is 0 Å².